The molecule has 0 saturated carbocycles. The minimum absolute atomic E-state index is 0.0521. The van der Waals surface area contributed by atoms with Crippen LogP contribution in [0.5, 0.6) is 0 Å². The molecule has 1 aliphatic carbocycles. The number of Topliss-reactive ketones (excluding diaryl/α,β-unsaturated/α-hetero) is 1. The molecule has 1 rings (SSSR count). The predicted molar refractivity (Wildman–Crippen MR) is 70.7 cm³/mol. The van der Waals surface area contributed by atoms with Gasteiger partial charge in [-0.1, -0.05) is 37.6 Å². The van der Waals surface area contributed by atoms with Crippen LogP contribution < -0.4 is 0 Å². The Morgan fingerprint density at radius 1 is 1.47 bits per heavy atom. The average molecular weight is 234 g/mol. The zero-order valence-corrected chi connectivity index (χ0v) is 11.2. The van der Waals surface area contributed by atoms with Crippen LogP contribution in [-0.4, -0.2) is 17.5 Å². The quantitative estimate of drug-likeness (QED) is 0.761. The van der Waals surface area contributed by atoms with Crippen molar-refractivity contribution in [1.82, 2.24) is 0 Å². The van der Waals surface area contributed by atoms with Crippen molar-refractivity contribution >= 4 is 5.78 Å². The first-order chi connectivity index (χ1) is 7.88. The number of carbonyl (C=O) groups is 1. The van der Waals surface area contributed by atoms with Gasteiger partial charge in [-0.15, -0.1) is 0 Å². The Hall–Kier alpha value is -1.15. The van der Waals surface area contributed by atoms with Crippen molar-refractivity contribution in [1.29, 1.82) is 0 Å². The molecule has 94 valence electrons. The molecule has 1 N–H and O–H groups in total. The molecule has 0 amide bonds. The molecule has 0 fully saturated rings. The zero-order valence-electron chi connectivity index (χ0n) is 11.2. The van der Waals surface area contributed by atoms with E-state index in [0.717, 1.165) is 23.1 Å². The van der Waals surface area contributed by atoms with Gasteiger partial charge < -0.3 is 5.11 Å². The zero-order chi connectivity index (χ0) is 13.1. The molecule has 0 saturated heterocycles. The van der Waals surface area contributed by atoms with Crippen LogP contribution in [0.2, 0.25) is 0 Å². The van der Waals surface area contributed by atoms with E-state index in [2.05, 4.69) is 13.8 Å². The molecular formula is C15H22O2. The lowest BCUT2D eigenvalue weighted by atomic mass is 9.72. The summed E-state index contributed by atoms with van der Waals surface area (Å²) in [5, 5.41) is 8.79. The van der Waals surface area contributed by atoms with Gasteiger partial charge in [0.1, 0.15) is 0 Å². The first-order valence-corrected chi connectivity index (χ1v) is 6.09. The minimum Gasteiger partial charge on any atom is -0.392 e. The van der Waals surface area contributed by atoms with E-state index in [9.17, 15) is 4.79 Å². The second-order valence-corrected chi connectivity index (χ2v) is 5.31. The van der Waals surface area contributed by atoms with E-state index in [1.54, 1.807) is 6.08 Å². The summed E-state index contributed by atoms with van der Waals surface area (Å²) in [6.45, 7) is 8.26. The Kier molecular flexibility index (Phi) is 4.47. The number of hydrogen-bond donors (Lipinski definition) is 1. The van der Waals surface area contributed by atoms with Crippen LogP contribution in [0.25, 0.3) is 0 Å². The van der Waals surface area contributed by atoms with Crippen molar-refractivity contribution in [3.8, 4) is 0 Å². The topological polar surface area (TPSA) is 37.3 Å². The molecule has 0 unspecified atom stereocenters. The second-order valence-electron chi connectivity index (χ2n) is 5.31. The Morgan fingerprint density at radius 2 is 2.12 bits per heavy atom. The van der Waals surface area contributed by atoms with Gasteiger partial charge in [0, 0.05) is 6.42 Å². The molecule has 2 heteroatoms. The molecule has 2 nitrogen and oxygen atoms in total. The second kappa shape index (κ2) is 5.46. The SMILES string of the molecule is CC1=C(/C=C\C(C)=C/CO)C(C)(C)CCC1=O. The van der Waals surface area contributed by atoms with Crippen molar-refractivity contribution in [2.24, 2.45) is 5.41 Å². The number of ketones is 1. The van der Waals surface area contributed by atoms with Crippen molar-refractivity contribution in [3.05, 3.63) is 34.9 Å². The van der Waals surface area contributed by atoms with Crippen molar-refractivity contribution in [3.63, 3.8) is 0 Å². The molecule has 0 aromatic rings. The van der Waals surface area contributed by atoms with Crippen LogP contribution in [0.15, 0.2) is 34.9 Å². The van der Waals surface area contributed by atoms with Gasteiger partial charge in [0.25, 0.3) is 0 Å². The lowest BCUT2D eigenvalue weighted by molar-refractivity contribution is -0.116. The van der Waals surface area contributed by atoms with E-state index in [1.165, 1.54) is 0 Å². The van der Waals surface area contributed by atoms with E-state index >= 15 is 0 Å². The van der Waals surface area contributed by atoms with E-state index in [0.29, 0.717) is 6.42 Å². The highest BCUT2D eigenvalue weighted by molar-refractivity contribution is 5.97. The number of carbonyl (C=O) groups excluding carboxylic acids is 1. The smallest absolute Gasteiger partial charge is 0.158 e. The van der Waals surface area contributed by atoms with Gasteiger partial charge in [0.15, 0.2) is 5.78 Å². The number of aliphatic hydroxyl groups excluding tert-OH is 1. The molecule has 0 atom stereocenters. The van der Waals surface area contributed by atoms with Gasteiger partial charge in [-0.05, 0) is 36.8 Å². The van der Waals surface area contributed by atoms with Crippen LogP contribution in [0.3, 0.4) is 0 Å². The van der Waals surface area contributed by atoms with Crippen molar-refractivity contribution in [2.45, 2.75) is 40.5 Å². The number of allylic oxidation sites excluding steroid dienone is 5. The van der Waals surface area contributed by atoms with Crippen LogP contribution in [0.4, 0.5) is 0 Å². The van der Waals surface area contributed by atoms with Crippen LogP contribution in [0.1, 0.15) is 40.5 Å². The summed E-state index contributed by atoms with van der Waals surface area (Å²) in [4.78, 5) is 11.7. The van der Waals surface area contributed by atoms with E-state index in [4.69, 9.17) is 5.11 Å². The Bertz CT molecular complexity index is 395. The normalized spacial score (nSPS) is 21.5. The third-order valence-corrected chi connectivity index (χ3v) is 3.45. The molecule has 0 heterocycles. The summed E-state index contributed by atoms with van der Waals surface area (Å²) in [6, 6.07) is 0. The molecule has 17 heavy (non-hydrogen) atoms. The lowest BCUT2D eigenvalue weighted by Gasteiger charge is -2.32. The van der Waals surface area contributed by atoms with Gasteiger partial charge in [-0.25, -0.2) is 0 Å². The maximum absolute atomic E-state index is 11.7. The van der Waals surface area contributed by atoms with Gasteiger partial charge in [0.2, 0.25) is 0 Å². The van der Waals surface area contributed by atoms with Gasteiger partial charge in [-0.2, -0.15) is 0 Å². The highest BCUT2D eigenvalue weighted by atomic mass is 16.2. The molecule has 0 spiro atoms. The number of aliphatic hydroxyl groups is 1. The first kappa shape index (κ1) is 13.9. The minimum atomic E-state index is 0.0521. The van der Waals surface area contributed by atoms with Crippen molar-refractivity contribution in [2.75, 3.05) is 6.61 Å². The van der Waals surface area contributed by atoms with Crippen molar-refractivity contribution < 1.29 is 9.90 Å². The monoisotopic (exact) mass is 234 g/mol. The van der Waals surface area contributed by atoms with Gasteiger partial charge in [-0.3, -0.25) is 4.79 Å². The van der Waals surface area contributed by atoms with Gasteiger partial charge >= 0.3 is 0 Å². The molecule has 0 aromatic heterocycles. The summed E-state index contributed by atoms with van der Waals surface area (Å²) in [6.07, 6.45) is 7.31. The fraction of sp³-hybridized carbons (Fsp3) is 0.533. The number of hydrogen-bond acceptors (Lipinski definition) is 2. The third-order valence-electron chi connectivity index (χ3n) is 3.45. The Morgan fingerprint density at radius 3 is 2.71 bits per heavy atom. The summed E-state index contributed by atoms with van der Waals surface area (Å²) in [7, 11) is 0. The maximum Gasteiger partial charge on any atom is 0.158 e. The third kappa shape index (κ3) is 3.40. The standard InChI is InChI=1S/C15H22O2/c1-11(8-10-16)5-6-13-12(2)14(17)7-9-15(13,3)4/h5-6,8,16H,7,9-10H2,1-4H3/b6-5-,11-8-. The fourth-order valence-electron chi connectivity index (χ4n) is 2.18. The van der Waals surface area contributed by atoms with Crippen LogP contribution in [0, 0.1) is 5.41 Å². The number of rotatable bonds is 3. The van der Waals surface area contributed by atoms with E-state index < -0.39 is 0 Å². The summed E-state index contributed by atoms with van der Waals surface area (Å²) in [5.74, 6) is 0.257. The van der Waals surface area contributed by atoms with Crippen LogP contribution >= 0.6 is 0 Å². The molecular weight excluding hydrogens is 212 g/mol. The predicted octanol–water partition coefficient (Wildman–Crippen LogP) is 3.19. The molecule has 0 aromatic carbocycles. The Labute approximate surface area is 104 Å². The average Bonchev–Trinajstić information content (AvgIpc) is 2.24. The molecule has 0 aliphatic heterocycles. The molecule has 0 bridgehead atoms. The highest BCUT2D eigenvalue weighted by Crippen LogP contribution is 2.39. The van der Waals surface area contributed by atoms with E-state index in [1.807, 2.05) is 26.0 Å². The highest BCUT2D eigenvalue weighted by Gasteiger charge is 2.30. The lowest BCUT2D eigenvalue weighted by Crippen LogP contribution is -2.24. The summed E-state index contributed by atoms with van der Waals surface area (Å²) in [5.41, 5.74) is 3.09. The molecule has 1 aliphatic rings. The van der Waals surface area contributed by atoms with Crippen LogP contribution in [-0.2, 0) is 4.79 Å². The first-order valence-electron chi connectivity index (χ1n) is 6.09. The maximum atomic E-state index is 11.7. The summed E-state index contributed by atoms with van der Waals surface area (Å²) < 4.78 is 0. The van der Waals surface area contributed by atoms with Gasteiger partial charge in [0.05, 0.1) is 6.61 Å². The van der Waals surface area contributed by atoms with E-state index in [-0.39, 0.29) is 17.8 Å². The fourth-order valence-corrected chi connectivity index (χ4v) is 2.18. The summed E-state index contributed by atoms with van der Waals surface area (Å²) >= 11 is 0. The Balaban J connectivity index is 3.04. The molecule has 0 radical (unpaired) electrons. The largest absolute Gasteiger partial charge is 0.392 e.